The molecule has 0 amide bonds. The van der Waals surface area contributed by atoms with Crippen LogP contribution < -0.4 is 5.19 Å². The standard InChI is InChI=1S/C9H9Cl2F3OSi/c10-8(11)15-16-7-3-1-6(2-4-7)5-9(12,13)14/h1-4,8H,5,16H2. The summed E-state index contributed by atoms with van der Waals surface area (Å²) in [5.74, 6) is 0. The molecular weight excluding hydrogens is 280 g/mol. The summed E-state index contributed by atoms with van der Waals surface area (Å²) >= 11 is 10.8. The van der Waals surface area contributed by atoms with E-state index < -0.39 is 27.4 Å². The molecule has 1 nitrogen and oxygen atoms in total. The van der Waals surface area contributed by atoms with Gasteiger partial charge in [-0.1, -0.05) is 47.5 Å². The lowest BCUT2D eigenvalue weighted by molar-refractivity contribution is -0.127. The number of hydrogen-bond donors (Lipinski definition) is 0. The van der Waals surface area contributed by atoms with E-state index in [9.17, 15) is 13.2 Å². The minimum absolute atomic E-state index is 0.235. The fraction of sp³-hybridized carbons (Fsp3) is 0.333. The van der Waals surface area contributed by atoms with Gasteiger partial charge in [-0.3, -0.25) is 0 Å². The maximum atomic E-state index is 12.0. The van der Waals surface area contributed by atoms with Crippen molar-refractivity contribution >= 4 is 38.2 Å². The molecule has 0 N–H and O–H groups in total. The Morgan fingerprint density at radius 2 is 1.75 bits per heavy atom. The molecule has 7 heteroatoms. The fourth-order valence-electron chi connectivity index (χ4n) is 1.14. The topological polar surface area (TPSA) is 9.23 Å². The Kier molecular flexibility index (Phi) is 5.11. The first-order valence-electron chi connectivity index (χ1n) is 4.41. The molecule has 0 bridgehead atoms. The van der Waals surface area contributed by atoms with Gasteiger partial charge in [0.1, 0.15) is 0 Å². The van der Waals surface area contributed by atoms with Crippen molar-refractivity contribution in [3.63, 3.8) is 0 Å². The summed E-state index contributed by atoms with van der Waals surface area (Å²) in [4.78, 5) is 0. The molecule has 0 aliphatic heterocycles. The maximum absolute atomic E-state index is 12.0. The molecule has 0 saturated heterocycles. The van der Waals surface area contributed by atoms with Gasteiger partial charge in [-0.15, -0.1) is 0 Å². The summed E-state index contributed by atoms with van der Waals surface area (Å²) in [5, 5.41) is -0.0151. The predicted molar refractivity (Wildman–Crippen MR) is 61.0 cm³/mol. The Balaban J connectivity index is 2.54. The highest BCUT2D eigenvalue weighted by molar-refractivity contribution is 6.51. The van der Waals surface area contributed by atoms with Crippen molar-refractivity contribution in [1.29, 1.82) is 0 Å². The van der Waals surface area contributed by atoms with Crippen LogP contribution >= 0.6 is 23.2 Å². The molecule has 0 spiro atoms. The second-order valence-electron chi connectivity index (χ2n) is 3.18. The van der Waals surface area contributed by atoms with E-state index in [1.165, 1.54) is 12.1 Å². The number of rotatable bonds is 4. The Morgan fingerprint density at radius 1 is 1.19 bits per heavy atom. The number of hydrogen-bond acceptors (Lipinski definition) is 1. The minimum Gasteiger partial charge on any atom is -0.391 e. The zero-order valence-corrected chi connectivity index (χ0v) is 11.0. The smallest absolute Gasteiger partial charge is 0.391 e. The number of halogens is 5. The molecule has 0 saturated carbocycles. The normalized spacial score (nSPS) is 12.9. The van der Waals surface area contributed by atoms with Crippen LogP contribution in [-0.4, -0.2) is 21.0 Å². The predicted octanol–water partition coefficient (Wildman–Crippen LogP) is 2.28. The average Bonchev–Trinajstić information content (AvgIpc) is 2.14. The highest BCUT2D eigenvalue weighted by Crippen LogP contribution is 2.20. The van der Waals surface area contributed by atoms with Crippen LogP contribution in [0.4, 0.5) is 13.2 Å². The van der Waals surface area contributed by atoms with E-state index in [0.717, 1.165) is 5.19 Å². The van der Waals surface area contributed by atoms with Gasteiger partial charge in [0, 0.05) is 0 Å². The zero-order valence-electron chi connectivity index (χ0n) is 8.10. The lowest BCUT2D eigenvalue weighted by Crippen LogP contribution is -2.19. The van der Waals surface area contributed by atoms with Gasteiger partial charge in [0.2, 0.25) is 0 Å². The quantitative estimate of drug-likeness (QED) is 0.610. The van der Waals surface area contributed by atoms with Crippen molar-refractivity contribution in [2.75, 3.05) is 0 Å². The first-order chi connectivity index (χ1) is 7.37. The van der Waals surface area contributed by atoms with Crippen molar-refractivity contribution in [1.82, 2.24) is 0 Å². The third-order valence-corrected chi connectivity index (χ3v) is 3.78. The van der Waals surface area contributed by atoms with E-state index in [4.69, 9.17) is 27.6 Å². The lowest BCUT2D eigenvalue weighted by Gasteiger charge is -2.07. The summed E-state index contributed by atoms with van der Waals surface area (Å²) < 4.78 is 41.2. The number of benzene rings is 1. The molecule has 90 valence electrons. The fourth-order valence-corrected chi connectivity index (χ4v) is 2.27. The SMILES string of the molecule is FC(F)(F)Cc1ccc([SiH2]OC(Cl)Cl)cc1. The van der Waals surface area contributed by atoms with Gasteiger partial charge in [0.05, 0.1) is 6.42 Å². The summed E-state index contributed by atoms with van der Waals surface area (Å²) in [6.07, 6.45) is -5.09. The molecule has 0 heterocycles. The molecule has 0 aromatic heterocycles. The Hall–Kier alpha value is -0.233. The molecule has 1 rings (SSSR count). The third kappa shape index (κ3) is 5.74. The molecule has 0 atom stereocenters. The lowest BCUT2D eigenvalue weighted by atomic mass is 10.1. The summed E-state index contributed by atoms with van der Waals surface area (Å²) in [6.45, 7) is 0. The molecule has 16 heavy (non-hydrogen) atoms. The van der Waals surface area contributed by atoms with Gasteiger partial charge in [-0.2, -0.15) is 13.2 Å². The first kappa shape index (κ1) is 13.8. The van der Waals surface area contributed by atoms with Crippen LogP contribution in [0.15, 0.2) is 24.3 Å². The molecule has 1 aromatic carbocycles. The van der Waals surface area contributed by atoms with Crippen molar-refractivity contribution in [2.45, 2.75) is 17.6 Å². The second kappa shape index (κ2) is 5.91. The zero-order chi connectivity index (χ0) is 12.2. The van der Waals surface area contributed by atoms with Crippen LogP contribution in [0.25, 0.3) is 0 Å². The van der Waals surface area contributed by atoms with Gasteiger partial charge in [-0.25, -0.2) is 0 Å². The van der Waals surface area contributed by atoms with Crippen LogP contribution in [-0.2, 0) is 10.8 Å². The molecule has 1 aromatic rings. The van der Waals surface area contributed by atoms with Crippen LogP contribution in [0.3, 0.4) is 0 Å². The van der Waals surface area contributed by atoms with Gasteiger partial charge in [0.25, 0.3) is 0 Å². The Bertz CT molecular complexity index is 327. The Morgan fingerprint density at radius 3 is 2.19 bits per heavy atom. The van der Waals surface area contributed by atoms with Gasteiger partial charge < -0.3 is 4.43 Å². The molecule has 0 radical (unpaired) electrons. The minimum atomic E-state index is -4.17. The van der Waals surface area contributed by atoms with E-state index in [2.05, 4.69) is 0 Å². The van der Waals surface area contributed by atoms with Gasteiger partial charge in [-0.05, 0) is 10.8 Å². The first-order valence-corrected chi connectivity index (χ1v) is 6.57. The van der Waals surface area contributed by atoms with Crippen LogP contribution in [0.1, 0.15) is 5.56 Å². The summed E-state index contributed by atoms with van der Waals surface area (Å²) in [6, 6.07) is 6.11. The largest absolute Gasteiger partial charge is 0.393 e. The molecule has 0 aliphatic carbocycles. The van der Waals surface area contributed by atoms with Crippen molar-refractivity contribution in [2.24, 2.45) is 0 Å². The van der Waals surface area contributed by atoms with Crippen molar-refractivity contribution < 1.29 is 17.6 Å². The van der Waals surface area contributed by atoms with Gasteiger partial charge >= 0.3 is 6.18 Å². The highest BCUT2D eigenvalue weighted by atomic mass is 35.5. The van der Waals surface area contributed by atoms with E-state index in [1.54, 1.807) is 12.1 Å². The average molecular weight is 289 g/mol. The van der Waals surface area contributed by atoms with Crippen molar-refractivity contribution in [3.8, 4) is 0 Å². The van der Waals surface area contributed by atoms with E-state index >= 15 is 0 Å². The third-order valence-electron chi connectivity index (χ3n) is 1.80. The van der Waals surface area contributed by atoms with Gasteiger partial charge in [0.15, 0.2) is 14.8 Å². The summed E-state index contributed by atoms with van der Waals surface area (Å²) in [5.41, 5.74) is 0.235. The van der Waals surface area contributed by atoms with Crippen LogP contribution in [0.5, 0.6) is 0 Å². The summed E-state index contributed by atoms with van der Waals surface area (Å²) in [7, 11) is -1.06. The van der Waals surface area contributed by atoms with Crippen LogP contribution in [0, 0.1) is 0 Å². The van der Waals surface area contributed by atoms with Crippen LogP contribution in [0.2, 0.25) is 0 Å². The second-order valence-corrected chi connectivity index (χ2v) is 5.63. The molecule has 0 unspecified atom stereocenters. The van der Waals surface area contributed by atoms with E-state index in [-0.39, 0.29) is 5.56 Å². The monoisotopic (exact) mass is 288 g/mol. The number of alkyl halides is 5. The molecule has 0 fully saturated rings. The Labute approximate surface area is 103 Å². The maximum Gasteiger partial charge on any atom is 0.393 e. The molecule has 0 aliphatic rings. The van der Waals surface area contributed by atoms with Crippen molar-refractivity contribution in [3.05, 3.63) is 29.8 Å². The van der Waals surface area contributed by atoms with E-state index in [1.807, 2.05) is 0 Å². The van der Waals surface area contributed by atoms with E-state index in [0.29, 0.717) is 0 Å². The molecular formula is C9H9Cl2F3OSi. The highest BCUT2D eigenvalue weighted by Gasteiger charge is 2.27.